The maximum absolute atomic E-state index is 12.9. The van der Waals surface area contributed by atoms with Crippen molar-refractivity contribution in [2.45, 2.75) is 51.5 Å². The normalized spacial score (nSPS) is 19.2. The van der Waals surface area contributed by atoms with Crippen molar-refractivity contribution in [1.29, 1.82) is 0 Å². The molecule has 0 unspecified atom stereocenters. The van der Waals surface area contributed by atoms with Crippen LogP contribution in [0.2, 0.25) is 0 Å². The Bertz CT molecular complexity index is 1310. The second kappa shape index (κ2) is 9.66. The number of alkyl halides is 3. The highest BCUT2D eigenvalue weighted by molar-refractivity contribution is 5.87. The van der Waals surface area contributed by atoms with Gasteiger partial charge in [-0.2, -0.15) is 18.2 Å². The van der Waals surface area contributed by atoms with Crippen molar-refractivity contribution in [3.8, 4) is 0 Å². The molecule has 0 saturated carbocycles. The van der Waals surface area contributed by atoms with Gasteiger partial charge in [0.05, 0.1) is 11.1 Å². The Kier molecular flexibility index (Phi) is 6.81. The predicted molar refractivity (Wildman–Crippen MR) is 128 cm³/mol. The van der Waals surface area contributed by atoms with E-state index in [2.05, 4.69) is 38.5 Å². The lowest BCUT2D eigenvalue weighted by Crippen LogP contribution is -2.58. The first-order valence-electron chi connectivity index (χ1n) is 11.6. The molecule has 0 N–H and O–H groups in total. The topological polar surface area (TPSA) is 58.6 Å². The number of piperazine rings is 1. The van der Waals surface area contributed by atoms with E-state index in [1.807, 2.05) is 0 Å². The predicted octanol–water partition coefficient (Wildman–Crippen LogP) is 4.78. The quantitative estimate of drug-likeness (QED) is 0.488. The van der Waals surface area contributed by atoms with E-state index in [9.17, 15) is 18.0 Å². The van der Waals surface area contributed by atoms with Gasteiger partial charge in [0, 0.05) is 38.8 Å². The summed E-state index contributed by atoms with van der Waals surface area (Å²) in [6.07, 6.45) is -2.76. The molecule has 1 aromatic carbocycles. The minimum atomic E-state index is -4.35. The highest BCUT2D eigenvalue weighted by Crippen LogP contribution is 2.32. The number of halogens is 3. The minimum absolute atomic E-state index is 0.0217. The van der Waals surface area contributed by atoms with E-state index in [4.69, 9.17) is 6.57 Å². The lowest BCUT2D eigenvalue weighted by atomic mass is 10.0. The highest BCUT2D eigenvalue weighted by atomic mass is 19.4. The fourth-order valence-corrected chi connectivity index (χ4v) is 4.69. The molecule has 7 nitrogen and oxygen atoms in total. The maximum Gasteiger partial charge on any atom is 0.416 e. The Morgan fingerprint density at radius 3 is 2.31 bits per heavy atom. The molecule has 2 aromatic heterocycles. The van der Waals surface area contributed by atoms with E-state index in [1.54, 1.807) is 19.2 Å². The van der Waals surface area contributed by atoms with Gasteiger partial charge in [-0.15, -0.1) is 4.98 Å². The Hall–Kier alpha value is -3.45. The third kappa shape index (κ3) is 4.86. The van der Waals surface area contributed by atoms with Crippen LogP contribution in [0.15, 0.2) is 41.2 Å². The fourth-order valence-electron chi connectivity index (χ4n) is 4.69. The number of benzene rings is 1. The summed E-state index contributed by atoms with van der Waals surface area (Å²) in [5.41, 5.74) is 0.909. The number of fused-ring (bicyclic) bond motifs is 1. The number of hydrogen-bond acceptors (Lipinski definition) is 5. The fraction of sp³-hybridized carbons (Fsp3) is 0.440. The molecule has 0 aliphatic carbocycles. The van der Waals surface area contributed by atoms with Crippen LogP contribution in [0, 0.1) is 6.57 Å². The van der Waals surface area contributed by atoms with Crippen molar-refractivity contribution >= 4 is 22.7 Å². The van der Waals surface area contributed by atoms with Crippen LogP contribution in [-0.4, -0.2) is 44.6 Å². The van der Waals surface area contributed by atoms with Crippen LogP contribution in [0.5, 0.6) is 0 Å². The van der Waals surface area contributed by atoms with Crippen LogP contribution in [0.25, 0.3) is 15.9 Å². The zero-order valence-electron chi connectivity index (χ0n) is 19.9. The van der Waals surface area contributed by atoms with E-state index < -0.39 is 11.7 Å². The van der Waals surface area contributed by atoms with Crippen molar-refractivity contribution in [1.82, 2.24) is 19.4 Å². The summed E-state index contributed by atoms with van der Waals surface area (Å²) < 4.78 is 40.3. The number of hydrogen-bond donors (Lipinski definition) is 0. The van der Waals surface area contributed by atoms with Crippen LogP contribution in [0.4, 0.5) is 24.8 Å². The van der Waals surface area contributed by atoms with E-state index in [0.717, 1.165) is 30.5 Å². The number of pyridine rings is 1. The van der Waals surface area contributed by atoms with Crippen LogP contribution < -0.4 is 10.6 Å². The largest absolute Gasteiger partial charge is 0.416 e. The van der Waals surface area contributed by atoms with E-state index >= 15 is 0 Å². The smallest absolute Gasteiger partial charge is 0.361 e. The van der Waals surface area contributed by atoms with Gasteiger partial charge in [-0.3, -0.25) is 9.47 Å². The van der Waals surface area contributed by atoms with Crippen molar-refractivity contribution in [3.05, 3.63) is 69.4 Å². The summed E-state index contributed by atoms with van der Waals surface area (Å²) in [4.78, 5) is 29.3. The van der Waals surface area contributed by atoms with E-state index in [1.165, 1.54) is 16.7 Å². The van der Waals surface area contributed by atoms with Gasteiger partial charge in [0.15, 0.2) is 5.82 Å². The minimum Gasteiger partial charge on any atom is -0.361 e. The second-order valence-corrected chi connectivity index (χ2v) is 8.83. The van der Waals surface area contributed by atoms with E-state index in [-0.39, 0.29) is 23.6 Å². The van der Waals surface area contributed by atoms with Gasteiger partial charge in [-0.05, 0) is 42.7 Å². The lowest BCUT2D eigenvalue weighted by molar-refractivity contribution is -0.137. The van der Waals surface area contributed by atoms with Gasteiger partial charge < -0.3 is 9.74 Å². The first-order chi connectivity index (χ1) is 16.7. The average molecular weight is 485 g/mol. The summed E-state index contributed by atoms with van der Waals surface area (Å²) in [5.74, 6) is 0.716. The molecule has 2 atom stereocenters. The number of aromatic nitrogens is 3. The first kappa shape index (κ1) is 24.7. The third-order valence-electron chi connectivity index (χ3n) is 6.73. The van der Waals surface area contributed by atoms with Crippen LogP contribution in [-0.2, 0) is 19.8 Å². The molecule has 4 rings (SSSR count). The van der Waals surface area contributed by atoms with Crippen molar-refractivity contribution in [3.63, 3.8) is 0 Å². The van der Waals surface area contributed by atoms with Gasteiger partial charge in [-0.25, -0.2) is 4.79 Å². The molecule has 1 aliphatic rings. The zero-order chi connectivity index (χ0) is 25.3. The summed E-state index contributed by atoms with van der Waals surface area (Å²) in [5, 5.41) is 0. The van der Waals surface area contributed by atoms with Gasteiger partial charge in [0.2, 0.25) is 5.52 Å². The monoisotopic (exact) mass is 484 g/mol. The average Bonchev–Trinajstić information content (AvgIpc) is 2.85. The molecule has 0 spiro atoms. The number of nitrogens with zero attached hydrogens (tertiary/aromatic N) is 6. The number of anilines is 1. The van der Waals surface area contributed by atoms with Gasteiger partial charge >= 0.3 is 11.9 Å². The van der Waals surface area contributed by atoms with Gasteiger partial charge in [0.25, 0.3) is 5.82 Å². The molecule has 1 fully saturated rings. The zero-order valence-corrected chi connectivity index (χ0v) is 19.9. The Morgan fingerprint density at radius 2 is 1.71 bits per heavy atom. The molecule has 184 valence electrons. The summed E-state index contributed by atoms with van der Waals surface area (Å²) in [7, 11) is 1.63. The van der Waals surface area contributed by atoms with Gasteiger partial charge in [0.1, 0.15) is 0 Å². The van der Waals surface area contributed by atoms with Crippen LogP contribution in [0.3, 0.4) is 0 Å². The molecule has 3 heterocycles. The second-order valence-electron chi connectivity index (χ2n) is 8.83. The Balaban J connectivity index is 1.67. The summed E-state index contributed by atoms with van der Waals surface area (Å²) >= 11 is 0. The van der Waals surface area contributed by atoms with Crippen molar-refractivity contribution in [2.75, 3.05) is 18.0 Å². The van der Waals surface area contributed by atoms with Crippen molar-refractivity contribution < 1.29 is 13.2 Å². The van der Waals surface area contributed by atoms with E-state index in [0.29, 0.717) is 36.5 Å². The van der Waals surface area contributed by atoms with Gasteiger partial charge in [-0.1, -0.05) is 32.6 Å². The van der Waals surface area contributed by atoms with Crippen molar-refractivity contribution in [2.24, 2.45) is 7.05 Å². The molecule has 0 bridgehead atoms. The standard InChI is InChI=1S/C25H27F3N6O/c1-5-18-15-34(23-22-20(32(4)24(35)31-23)11-12-21(29-3)30-22)19(6-2)14-33(18)13-16-7-9-17(10-8-16)25(26,27)28/h7-12,18-19H,5-6,13-15H2,1-2,4H3/t18-,19+/m1/s1. The molecular formula is C25H27F3N6O. The molecule has 1 aliphatic heterocycles. The SMILES string of the molecule is [C-]#[N+]c1ccc2c(n1)c(N1C[C@@H](CC)N(Cc3ccc(C(F)(F)F)cc3)C[C@@H]1CC)nc(=O)n2C. The Morgan fingerprint density at radius 1 is 1.03 bits per heavy atom. The number of aryl methyl sites for hydroxylation is 1. The molecule has 3 aromatic rings. The Labute approximate surface area is 201 Å². The molecule has 1 saturated heterocycles. The summed E-state index contributed by atoms with van der Waals surface area (Å²) in [6, 6.07) is 8.76. The lowest BCUT2D eigenvalue weighted by Gasteiger charge is -2.46. The first-order valence-corrected chi connectivity index (χ1v) is 11.6. The molecule has 35 heavy (non-hydrogen) atoms. The summed E-state index contributed by atoms with van der Waals surface area (Å²) in [6.45, 7) is 13.3. The molecule has 0 amide bonds. The molecule has 10 heteroatoms. The van der Waals surface area contributed by atoms with Crippen LogP contribution in [0.1, 0.15) is 37.8 Å². The van der Waals surface area contributed by atoms with Crippen LogP contribution >= 0.6 is 0 Å². The maximum atomic E-state index is 12.9. The molecular weight excluding hydrogens is 457 g/mol. The third-order valence-corrected chi connectivity index (χ3v) is 6.73. The molecule has 0 radical (unpaired) electrons. The number of rotatable bonds is 5. The highest BCUT2D eigenvalue weighted by Gasteiger charge is 2.35.